The first-order chi connectivity index (χ1) is 9.80. The molecule has 0 saturated carbocycles. The Labute approximate surface area is 127 Å². The van der Waals surface area contributed by atoms with Gasteiger partial charge in [-0.1, -0.05) is 16.8 Å². The van der Waals surface area contributed by atoms with Crippen LogP contribution in [0.1, 0.15) is 12.7 Å². The molecule has 0 saturated heterocycles. The van der Waals surface area contributed by atoms with E-state index in [4.69, 9.17) is 16.1 Å². The summed E-state index contributed by atoms with van der Waals surface area (Å²) in [6.07, 6.45) is 0. The van der Waals surface area contributed by atoms with E-state index in [0.717, 1.165) is 0 Å². The van der Waals surface area contributed by atoms with Gasteiger partial charge in [-0.25, -0.2) is 8.42 Å². The van der Waals surface area contributed by atoms with Crippen LogP contribution in [0.3, 0.4) is 0 Å². The van der Waals surface area contributed by atoms with Crippen molar-refractivity contribution in [1.82, 2.24) is 5.16 Å². The lowest BCUT2D eigenvalue weighted by Gasteiger charge is -2.12. The van der Waals surface area contributed by atoms with Crippen molar-refractivity contribution in [1.29, 1.82) is 0 Å². The number of hydrogen-bond donors (Lipinski definition) is 1. The molecule has 6 nitrogen and oxygen atoms in total. The molecule has 0 aliphatic heterocycles. The standard InChI is InChI=1S/C13H13ClN2O4S/c1-8-7-12(16-20-8)15-13(17)9(2)21(18,19)11-5-3-10(14)4-6-11/h3-7,9H,1-2H3,(H,15,16,17)/t9-/m0/s1. The molecule has 1 amide bonds. The number of hydrogen-bond acceptors (Lipinski definition) is 5. The number of sulfone groups is 1. The van der Waals surface area contributed by atoms with Gasteiger partial charge in [-0.2, -0.15) is 0 Å². The lowest BCUT2D eigenvalue weighted by molar-refractivity contribution is -0.115. The number of anilines is 1. The van der Waals surface area contributed by atoms with E-state index in [-0.39, 0.29) is 10.7 Å². The summed E-state index contributed by atoms with van der Waals surface area (Å²) in [5, 5.41) is 5.14. The lowest BCUT2D eigenvalue weighted by atomic mass is 10.4. The third kappa shape index (κ3) is 3.43. The van der Waals surface area contributed by atoms with Crippen molar-refractivity contribution >= 4 is 33.2 Å². The maximum atomic E-state index is 12.3. The zero-order valence-electron chi connectivity index (χ0n) is 11.3. The van der Waals surface area contributed by atoms with Crippen LogP contribution in [0, 0.1) is 6.92 Å². The van der Waals surface area contributed by atoms with Gasteiger partial charge in [0.25, 0.3) is 0 Å². The molecule has 0 fully saturated rings. The number of rotatable bonds is 4. The Kier molecular flexibility index (Phi) is 4.34. The van der Waals surface area contributed by atoms with Crippen LogP contribution in [0.15, 0.2) is 39.8 Å². The molecule has 2 aromatic rings. The molecule has 0 spiro atoms. The zero-order chi connectivity index (χ0) is 15.6. The molecule has 0 bridgehead atoms. The second-order valence-electron chi connectivity index (χ2n) is 4.45. The topological polar surface area (TPSA) is 89.3 Å². The summed E-state index contributed by atoms with van der Waals surface area (Å²) in [5.41, 5.74) is 0. The van der Waals surface area contributed by atoms with E-state index in [2.05, 4.69) is 10.5 Å². The molecule has 0 radical (unpaired) electrons. The minimum absolute atomic E-state index is 0.0332. The van der Waals surface area contributed by atoms with E-state index in [1.54, 1.807) is 6.92 Å². The van der Waals surface area contributed by atoms with Crippen LogP contribution in [0.25, 0.3) is 0 Å². The number of carbonyl (C=O) groups is 1. The highest BCUT2D eigenvalue weighted by Gasteiger charge is 2.30. The van der Waals surface area contributed by atoms with Crippen LogP contribution < -0.4 is 5.32 Å². The number of amides is 1. The summed E-state index contributed by atoms with van der Waals surface area (Å²) >= 11 is 5.72. The van der Waals surface area contributed by atoms with E-state index in [0.29, 0.717) is 10.8 Å². The number of halogens is 1. The van der Waals surface area contributed by atoms with Crippen LogP contribution in [0.4, 0.5) is 5.82 Å². The monoisotopic (exact) mass is 328 g/mol. The van der Waals surface area contributed by atoms with E-state index in [1.807, 2.05) is 0 Å². The Balaban J connectivity index is 2.19. The van der Waals surface area contributed by atoms with Crippen molar-refractivity contribution in [2.24, 2.45) is 0 Å². The van der Waals surface area contributed by atoms with Crippen LogP contribution in [-0.2, 0) is 14.6 Å². The highest BCUT2D eigenvalue weighted by molar-refractivity contribution is 7.92. The van der Waals surface area contributed by atoms with E-state index >= 15 is 0 Å². The molecule has 1 aromatic heterocycles. The normalized spacial score (nSPS) is 12.9. The Morgan fingerprint density at radius 1 is 1.33 bits per heavy atom. The Bertz CT molecular complexity index is 753. The molecule has 1 atom stereocenters. The van der Waals surface area contributed by atoms with Crippen LogP contribution in [0.5, 0.6) is 0 Å². The molecule has 1 N–H and O–H groups in total. The molecule has 0 aliphatic carbocycles. The van der Waals surface area contributed by atoms with Crippen molar-refractivity contribution in [2.75, 3.05) is 5.32 Å². The van der Waals surface area contributed by atoms with Crippen molar-refractivity contribution in [3.05, 3.63) is 41.1 Å². The van der Waals surface area contributed by atoms with Gasteiger partial charge in [0.05, 0.1) is 4.90 Å². The number of aromatic nitrogens is 1. The number of benzene rings is 1. The van der Waals surface area contributed by atoms with Crippen LogP contribution >= 0.6 is 11.6 Å². The smallest absolute Gasteiger partial charge is 0.244 e. The summed E-state index contributed by atoms with van der Waals surface area (Å²) in [7, 11) is -3.80. The summed E-state index contributed by atoms with van der Waals surface area (Å²) in [6.45, 7) is 2.97. The van der Waals surface area contributed by atoms with Gasteiger partial charge in [0.2, 0.25) is 5.91 Å². The molecule has 1 heterocycles. The third-order valence-electron chi connectivity index (χ3n) is 2.86. The molecular weight excluding hydrogens is 316 g/mol. The highest BCUT2D eigenvalue weighted by Crippen LogP contribution is 2.20. The first-order valence-electron chi connectivity index (χ1n) is 6.04. The lowest BCUT2D eigenvalue weighted by Crippen LogP contribution is -2.32. The molecule has 0 aliphatic rings. The summed E-state index contributed by atoms with van der Waals surface area (Å²) in [6, 6.07) is 7.14. The van der Waals surface area contributed by atoms with Crippen molar-refractivity contribution in [3.8, 4) is 0 Å². The van der Waals surface area contributed by atoms with Gasteiger partial charge in [-0.3, -0.25) is 4.79 Å². The van der Waals surface area contributed by atoms with E-state index in [1.165, 1.54) is 37.3 Å². The fourth-order valence-corrected chi connectivity index (χ4v) is 3.01. The van der Waals surface area contributed by atoms with Crippen molar-refractivity contribution < 1.29 is 17.7 Å². The predicted octanol–water partition coefficient (Wildman–Crippen LogP) is 2.44. The van der Waals surface area contributed by atoms with Crippen molar-refractivity contribution in [3.63, 3.8) is 0 Å². The van der Waals surface area contributed by atoms with E-state index in [9.17, 15) is 13.2 Å². The molecule has 0 unspecified atom stereocenters. The zero-order valence-corrected chi connectivity index (χ0v) is 12.9. The molecular formula is C13H13ClN2O4S. The average Bonchev–Trinajstić information content (AvgIpc) is 2.83. The summed E-state index contributed by atoms with van der Waals surface area (Å²) in [4.78, 5) is 12.0. The van der Waals surface area contributed by atoms with Crippen LogP contribution in [0.2, 0.25) is 5.02 Å². The molecule has 8 heteroatoms. The Morgan fingerprint density at radius 3 is 2.48 bits per heavy atom. The van der Waals surface area contributed by atoms with Gasteiger partial charge >= 0.3 is 0 Å². The fourth-order valence-electron chi connectivity index (χ4n) is 1.62. The Morgan fingerprint density at radius 2 is 1.95 bits per heavy atom. The first-order valence-corrected chi connectivity index (χ1v) is 7.97. The molecule has 112 valence electrons. The summed E-state index contributed by atoms with van der Waals surface area (Å²) < 4.78 is 29.5. The van der Waals surface area contributed by atoms with Gasteiger partial charge in [0.15, 0.2) is 15.7 Å². The number of carbonyl (C=O) groups excluding carboxylic acids is 1. The number of nitrogens with zero attached hydrogens (tertiary/aromatic N) is 1. The molecule has 21 heavy (non-hydrogen) atoms. The van der Waals surface area contributed by atoms with E-state index < -0.39 is 21.0 Å². The maximum absolute atomic E-state index is 12.3. The number of aryl methyl sites for hydroxylation is 1. The van der Waals surface area contributed by atoms with Gasteiger partial charge in [0, 0.05) is 11.1 Å². The minimum atomic E-state index is -3.80. The summed E-state index contributed by atoms with van der Waals surface area (Å²) in [5.74, 6) is 0.00687. The third-order valence-corrected chi connectivity index (χ3v) is 5.18. The maximum Gasteiger partial charge on any atom is 0.244 e. The Hall–Kier alpha value is -1.86. The van der Waals surface area contributed by atoms with Crippen molar-refractivity contribution in [2.45, 2.75) is 24.0 Å². The van der Waals surface area contributed by atoms with Gasteiger partial charge in [0.1, 0.15) is 11.0 Å². The highest BCUT2D eigenvalue weighted by atomic mass is 35.5. The average molecular weight is 329 g/mol. The fraction of sp³-hybridized carbons (Fsp3) is 0.231. The van der Waals surface area contributed by atoms with Gasteiger partial charge in [-0.05, 0) is 38.1 Å². The van der Waals surface area contributed by atoms with Gasteiger partial charge in [-0.15, -0.1) is 0 Å². The van der Waals surface area contributed by atoms with Gasteiger partial charge < -0.3 is 9.84 Å². The molecule has 2 rings (SSSR count). The SMILES string of the molecule is Cc1cc(NC(=O)[C@H](C)S(=O)(=O)c2ccc(Cl)cc2)no1. The molecule has 1 aromatic carbocycles. The quantitative estimate of drug-likeness (QED) is 0.931. The largest absolute Gasteiger partial charge is 0.360 e. The second-order valence-corrected chi connectivity index (χ2v) is 7.16. The minimum Gasteiger partial charge on any atom is -0.360 e. The predicted molar refractivity (Wildman–Crippen MR) is 78.0 cm³/mol. The second kappa shape index (κ2) is 5.87. The van der Waals surface area contributed by atoms with Crippen LogP contribution in [-0.4, -0.2) is 24.7 Å². The first kappa shape index (κ1) is 15.5. The number of nitrogens with one attached hydrogen (secondary N) is 1.